The van der Waals surface area contributed by atoms with E-state index in [0.29, 0.717) is 0 Å². The molecule has 0 aliphatic rings. The van der Waals surface area contributed by atoms with Crippen molar-refractivity contribution in [1.82, 2.24) is 5.32 Å². The summed E-state index contributed by atoms with van der Waals surface area (Å²) in [5, 5.41) is 3.59. The summed E-state index contributed by atoms with van der Waals surface area (Å²) in [5.41, 5.74) is 3.84. The van der Waals surface area contributed by atoms with Crippen LogP contribution in [-0.2, 0) is 0 Å². The van der Waals surface area contributed by atoms with Crippen molar-refractivity contribution in [3.8, 4) is 5.75 Å². The molecule has 1 unspecified atom stereocenters. The normalized spacial score (nSPS) is 12.4. The highest BCUT2D eigenvalue weighted by Crippen LogP contribution is 2.35. The summed E-state index contributed by atoms with van der Waals surface area (Å²) in [6, 6.07) is 8.86. The summed E-state index contributed by atoms with van der Waals surface area (Å²) in [5.74, 6) is 0.949. The van der Waals surface area contributed by atoms with E-state index in [2.05, 4.69) is 57.3 Å². The summed E-state index contributed by atoms with van der Waals surface area (Å²) >= 11 is 1.86. The Balaban J connectivity index is 2.50. The van der Waals surface area contributed by atoms with Gasteiger partial charge in [0.25, 0.3) is 0 Å². The number of benzene rings is 1. The Hall–Kier alpha value is -1.32. The molecule has 0 amide bonds. The molecular weight excluding hydrogens is 266 g/mol. The maximum absolute atomic E-state index is 5.55. The lowest BCUT2D eigenvalue weighted by Gasteiger charge is -2.20. The van der Waals surface area contributed by atoms with Crippen LogP contribution in [0.15, 0.2) is 24.3 Å². The summed E-state index contributed by atoms with van der Waals surface area (Å²) in [7, 11) is 1.74. The molecule has 0 radical (unpaired) electrons. The highest BCUT2D eigenvalue weighted by atomic mass is 32.1. The van der Waals surface area contributed by atoms with Crippen molar-refractivity contribution in [3.63, 3.8) is 0 Å². The third-order valence-corrected chi connectivity index (χ3v) is 4.79. The Bertz CT molecular complexity index is 569. The first-order chi connectivity index (χ1) is 9.56. The molecule has 0 bridgehead atoms. The van der Waals surface area contributed by atoms with Crippen molar-refractivity contribution in [2.75, 3.05) is 13.7 Å². The molecule has 0 spiro atoms. The van der Waals surface area contributed by atoms with Gasteiger partial charge >= 0.3 is 0 Å². The molecule has 2 rings (SSSR count). The Morgan fingerprint density at radius 2 is 1.95 bits per heavy atom. The van der Waals surface area contributed by atoms with Gasteiger partial charge in [0.15, 0.2) is 0 Å². The van der Waals surface area contributed by atoms with E-state index in [0.717, 1.165) is 12.3 Å². The fraction of sp³-hybridized carbons (Fsp3) is 0.412. The molecule has 3 heteroatoms. The number of methoxy groups -OCH3 is 1. The topological polar surface area (TPSA) is 21.3 Å². The Morgan fingerprint density at radius 3 is 2.50 bits per heavy atom. The number of hydrogen-bond donors (Lipinski definition) is 1. The predicted octanol–water partition coefficient (Wildman–Crippen LogP) is 4.38. The van der Waals surface area contributed by atoms with Crippen LogP contribution in [0.5, 0.6) is 5.75 Å². The number of hydrogen-bond acceptors (Lipinski definition) is 3. The molecule has 0 saturated heterocycles. The van der Waals surface area contributed by atoms with Crippen molar-refractivity contribution in [2.24, 2.45) is 0 Å². The Labute approximate surface area is 125 Å². The Kier molecular flexibility index (Phi) is 4.84. The Morgan fingerprint density at radius 1 is 1.20 bits per heavy atom. The molecule has 1 N–H and O–H groups in total. The van der Waals surface area contributed by atoms with Crippen LogP contribution in [0.25, 0.3) is 0 Å². The van der Waals surface area contributed by atoms with E-state index >= 15 is 0 Å². The van der Waals surface area contributed by atoms with Crippen LogP contribution in [-0.4, -0.2) is 13.7 Å². The van der Waals surface area contributed by atoms with Gasteiger partial charge in [-0.1, -0.05) is 24.6 Å². The molecular formula is C17H23NOS. The minimum Gasteiger partial charge on any atom is -0.496 e. The van der Waals surface area contributed by atoms with Gasteiger partial charge in [0.05, 0.1) is 13.2 Å². The third-order valence-electron chi connectivity index (χ3n) is 3.57. The van der Waals surface area contributed by atoms with E-state index in [-0.39, 0.29) is 6.04 Å². The van der Waals surface area contributed by atoms with Crippen LogP contribution in [0, 0.1) is 20.8 Å². The van der Waals surface area contributed by atoms with Gasteiger partial charge in [0.1, 0.15) is 5.75 Å². The second kappa shape index (κ2) is 6.42. The minimum atomic E-state index is 0.201. The molecule has 0 aliphatic carbocycles. The second-order valence-corrected chi connectivity index (χ2v) is 6.41. The van der Waals surface area contributed by atoms with E-state index < -0.39 is 0 Å². The number of ether oxygens (including phenoxy) is 1. The molecule has 20 heavy (non-hydrogen) atoms. The maximum atomic E-state index is 5.55. The summed E-state index contributed by atoms with van der Waals surface area (Å²) in [6.45, 7) is 9.54. The molecule has 2 aromatic rings. The zero-order valence-electron chi connectivity index (χ0n) is 12.9. The lowest BCUT2D eigenvalue weighted by molar-refractivity contribution is 0.404. The van der Waals surface area contributed by atoms with Crippen LogP contribution < -0.4 is 10.1 Å². The number of rotatable bonds is 5. The largest absolute Gasteiger partial charge is 0.496 e. The standard InChI is InChI=1S/C17H23NOS/c1-6-18-17(16-10-12(3)13(4)20-16)14-9-11(2)7-8-15(14)19-5/h7-10,17-18H,6H2,1-5H3. The zero-order valence-corrected chi connectivity index (χ0v) is 13.7. The molecule has 0 saturated carbocycles. The number of nitrogens with one attached hydrogen (secondary N) is 1. The molecule has 108 valence electrons. The van der Waals surface area contributed by atoms with Crippen LogP contribution in [0.1, 0.15) is 39.4 Å². The van der Waals surface area contributed by atoms with E-state index in [4.69, 9.17) is 4.74 Å². The average molecular weight is 289 g/mol. The van der Waals surface area contributed by atoms with Crippen molar-refractivity contribution in [2.45, 2.75) is 33.7 Å². The van der Waals surface area contributed by atoms with Gasteiger partial charge in [-0.3, -0.25) is 0 Å². The summed E-state index contributed by atoms with van der Waals surface area (Å²) < 4.78 is 5.55. The fourth-order valence-corrected chi connectivity index (χ4v) is 3.53. The number of thiophene rings is 1. The van der Waals surface area contributed by atoms with Gasteiger partial charge in [0, 0.05) is 15.3 Å². The van der Waals surface area contributed by atoms with Gasteiger partial charge in [-0.2, -0.15) is 0 Å². The van der Waals surface area contributed by atoms with Crippen molar-refractivity contribution >= 4 is 11.3 Å². The van der Waals surface area contributed by atoms with E-state index in [9.17, 15) is 0 Å². The zero-order chi connectivity index (χ0) is 14.7. The van der Waals surface area contributed by atoms with E-state index in [1.54, 1.807) is 7.11 Å². The average Bonchev–Trinajstić information content (AvgIpc) is 2.75. The van der Waals surface area contributed by atoms with Crippen LogP contribution in [0.4, 0.5) is 0 Å². The molecule has 1 heterocycles. The van der Waals surface area contributed by atoms with Crippen molar-refractivity contribution in [3.05, 3.63) is 50.7 Å². The van der Waals surface area contributed by atoms with Crippen LogP contribution in [0.2, 0.25) is 0 Å². The first kappa shape index (κ1) is 15.1. The van der Waals surface area contributed by atoms with Crippen molar-refractivity contribution in [1.29, 1.82) is 0 Å². The fourth-order valence-electron chi connectivity index (χ4n) is 2.39. The molecule has 1 atom stereocenters. The molecule has 1 aromatic heterocycles. The van der Waals surface area contributed by atoms with Crippen LogP contribution >= 0.6 is 11.3 Å². The van der Waals surface area contributed by atoms with Crippen molar-refractivity contribution < 1.29 is 4.74 Å². The molecule has 0 fully saturated rings. The van der Waals surface area contributed by atoms with Crippen LogP contribution in [0.3, 0.4) is 0 Å². The van der Waals surface area contributed by atoms with Gasteiger partial charge in [-0.15, -0.1) is 11.3 Å². The van der Waals surface area contributed by atoms with Gasteiger partial charge in [-0.25, -0.2) is 0 Å². The SMILES string of the molecule is CCNC(c1cc(C)c(C)s1)c1cc(C)ccc1OC. The monoisotopic (exact) mass is 289 g/mol. The lowest BCUT2D eigenvalue weighted by Crippen LogP contribution is -2.21. The number of aryl methyl sites for hydroxylation is 3. The second-order valence-electron chi connectivity index (χ2n) is 5.12. The van der Waals surface area contributed by atoms with E-state index in [1.165, 1.54) is 26.4 Å². The molecule has 0 aliphatic heterocycles. The van der Waals surface area contributed by atoms with Gasteiger partial charge < -0.3 is 10.1 Å². The van der Waals surface area contributed by atoms with Gasteiger partial charge in [0.2, 0.25) is 0 Å². The quantitative estimate of drug-likeness (QED) is 0.882. The minimum absolute atomic E-state index is 0.201. The molecule has 2 nitrogen and oxygen atoms in total. The highest BCUT2D eigenvalue weighted by molar-refractivity contribution is 7.12. The maximum Gasteiger partial charge on any atom is 0.124 e. The third kappa shape index (κ3) is 3.05. The summed E-state index contributed by atoms with van der Waals surface area (Å²) in [6.07, 6.45) is 0. The first-order valence-electron chi connectivity index (χ1n) is 7.01. The first-order valence-corrected chi connectivity index (χ1v) is 7.83. The highest BCUT2D eigenvalue weighted by Gasteiger charge is 2.20. The summed E-state index contributed by atoms with van der Waals surface area (Å²) in [4.78, 5) is 2.74. The predicted molar refractivity (Wildman–Crippen MR) is 87.0 cm³/mol. The smallest absolute Gasteiger partial charge is 0.124 e. The van der Waals surface area contributed by atoms with Gasteiger partial charge in [-0.05, 0) is 45.0 Å². The molecule has 1 aromatic carbocycles. The lowest BCUT2D eigenvalue weighted by atomic mass is 10.0. The van der Waals surface area contributed by atoms with E-state index in [1.807, 2.05) is 11.3 Å².